The largest absolute Gasteiger partial charge is 0.449 e. The summed E-state index contributed by atoms with van der Waals surface area (Å²) in [6.07, 6.45) is 1.90. The van der Waals surface area contributed by atoms with Gasteiger partial charge in [-0.2, -0.15) is 5.26 Å². The molecule has 7 heteroatoms. The number of carbonyl (C=O) groups excluding carboxylic acids is 3. The predicted molar refractivity (Wildman–Crippen MR) is 99.8 cm³/mol. The molecule has 2 rings (SSSR count). The van der Waals surface area contributed by atoms with Crippen molar-refractivity contribution in [2.24, 2.45) is 0 Å². The number of rotatable bonds is 5. The maximum atomic E-state index is 12.7. The first-order valence-electron chi connectivity index (χ1n) is 9.13. The van der Waals surface area contributed by atoms with Gasteiger partial charge in [0.25, 0.3) is 5.91 Å². The van der Waals surface area contributed by atoms with Gasteiger partial charge in [-0.3, -0.25) is 9.59 Å². The van der Waals surface area contributed by atoms with Crippen LogP contribution in [0, 0.1) is 11.3 Å². The van der Waals surface area contributed by atoms with Crippen LogP contribution in [0.3, 0.4) is 0 Å². The number of nitriles is 1. The number of hydrogen-bond acceptors (Lipinski definition) is 5. The molecule has 27 heavy (non-hydrogen) atoms. The first-order valence-corrected chi connectivity index (χ1v) is 9.13. The van der Waals surface area contributed by atoms with E-state index in [1.54, 1.807) is 25.1 Å². The Bertz CT molecular complexity index is 729. The summed E-state index contributed by atoms with van der Waals surface area (Å²) in [7, 11) is 0. The highest BCUT2D eigenvalue weighted by molar-refractivity contribution is 5.94. The molecule has 1 aliphatic rings. The first kappa shape index (κ1) is 20.4. The Morgan fingerprint density at radius 1 is 1.22 bits per heavy atom. The van der Waals surface area contributed by atoms with Gasteiger partial charge in [-0.15, -0.1) is 0 Å². The van der Waals surface area contributed by atoms with E-state index in [0.29, 0.717) is 5.69 Å². The van der Waals surface area contributed by atoms with Crippen LogP contribution in [0.25, 0.3) is 0 Å². The molecule has 1 fully saturated rings. The Kier molecular flexibility index (Phi) is 6.94. The summed E-state index contributed by atoms with van der Waals surface area (Å²) in [5.41, 5.74) is 0.763. The molecule has 0 spiro atoms. The molecule has 144 valence electrons. The number of piperidine rings is 1. The van der Waals surface area contributed by atoms with Crippen molar-refractivity contribution >= 4 is 23.5 Å². The highest BCUT2D eigenvalue weighted by Crippen LogP contribution is 2.24. The maximum Gasteiger partial charge on any atom is 0.338 e. The molecule has 0 aliphatic carbocycles. The van der Waals surface area contributed by atoms with Gasteiger partial charge in [0.1, 0.15) is 6.42 Å². The van der Waals surface area contributed by atoms with E-state index >= 15 is 0 Å². The van der Waals surface area contributed by atoms with Gasteiger partial charge in [-0.1, -0.05) is 0 Å². The smallest absolute Gasteiger partial charge is 0.338 e. The van der Waals surface area contributed by atoms with Crippen molar-refractivity contribution in [1.29, 1.82) is 5.26 Å². The molecule has 1 aromatic rings. The quantitative estimate of drug-likeness (QED) is 0.802. The van der Waals surface area contributed by atoms with Gasteiger partial charge < -0.3 is 15.0 Å². The summed E-state index contributed by atoms with van der Waals surface area (Å²) in [5.74, 6) is -1.19. The van der Waals surface area contributed by atoms with E-state index in [1.165, 1.54) is 12.1 Å². The molecule has 1 aliphatic heterocycles. The molecular formula is C20H25N3O4. The van der Waals surface area contributed by atoms with Crippen LogP contribution in [0.5, 0.6) is 0 Å². The van der Waals surface area contributed by atoms with Crippen molar-refractivity contribution < 1.29 is 19.1 Å². The molecule has 1 heterocycles. The fourth-order valence-corrected chi connectivity index (χ4v) is 3.31. The highest BCUT2D eigenvalue weighted by atomic mass is 16.5. The monoisotopic (exact) mass is 371 g/mol. The minimum Gasteiger partial charge on any atom is -0.449 e. The third-order valence-corrected chi connectivity index (χ3v) is 4.72. The second kappa shape index (κ2) is 9.17. The fraction of sp³-hybridized carbons (Fsp3) is 0.500. The van der Waals surface area contributed by atoms with Crippen molar-refractivity contribution in [3.8, 4) is 6.07 Å². The molecule has 0 radical (unpaired) electrons. The summed E-state index contributed by atoms with van der Waals surface area (Å²) in [4.78, 5) is 38.2. The number of nitrogens with zero attached hydrogens (tertiary/aromatic N) is 2. The third-order valence-electron chi connectivity index (χ3n) is 4.72. The SMILES string of the molecule is C[C@@H]1CCC[C@H](C)N1C(=O)[C@@H](C)OC(=O)c1ccc(NC(=O)CC#N)cc1. The van der Waals surface area contributed by atoms with Crippen molar-refractivity contribution in [3.63, 3.8) is 0 Å². The number of benzene rings is 1. The molecule has 2 amide bonds. The lowest BCUT2D eigenvalue weighted by Crippen LogP contribution is -2.51. The molecule has 0 bridgehead atoms. The van der Waals surface area contributed by atoms with Gasteiger partial charge in [0.05, 0.1) is 11.6 Å². The Morgan fingerprint density at radius 3 is 2.37 bits per heavy atom. The van der Waals surface area contributed by atoms with Gasteiger partial charge in [-0.05, 0) is 64.3 Å². The second-order valence-electron chi connectivity index (χ2n) is 6.88. The summed E-state index contributed by atoms with van der Waals surface area (Å²) in [6, 6.07) is 8.15. The molecule has 0 aromatic heterocycles. The lowest BCUT2D eigenvalue weighted by Gasteiger charge is -2.40. The Hall–Kier alpha value is -2.88. The van der Waals surface area contributed by atoms with Crippen LogP contribution in [0.15, 0.2) is 24.3 Å². The zero-order valence-corrected chi connectivity index (χ0v) is 15.9. The number of ether oxygens (including phenoxy) is 1. The van der Waals surface area contributed by atoms with E-state index in [9.17, 15) is 14.4 Å². The number of carbonyl (C=O) groups is 3. The topological polar surface area (TPSA) is 99.5 Å². The minimum atomic E-state index is -0.865. The molecule has 7 nitrogen and oxygen atoms in total. The van der Waals surface area contributed by atoms with E-state index in [4.69, 9.17) is 10.00 Å². The van der Waals surface area contributed by atoms with Crippen LogP contribution < -0.4 is 5.32 Å². The Labute approximate surface area is 159 Å². The van der Waals surface area contributed by atoms with Gasteiger partial charge in [0, 0.05) is 17.8 Å². The molecule has 1 N–H and O–H groups in total. The van der Waals surface area contributed by atoms with E-state index < -0.39 is 18.0 Å². The summed E-state index contributed by atoms with van der Waals surface area (Å²) < 4.78 is 5.35. The van der Waals surface area contributed by atoms with Crippen LogP contribution >= 0.6 is 0 Å². The van der Waals surface area contributed by atoms with E-state index in [1.807, 2.05) is 18.7 Å². The number of anilines is 1. The Morgan fingerprint density at radius 2 is 1.81 bits per heavy atom. The first-order chi connectivity index (χ1) is 12.8. The van der Waals surface area contributed by atoms with Crippen LogP contribution in [0.4, 0.5) is 5.69 Å². The zero-order valence-electron chi connectivity index (χ0n) is 15.9. The van der Waals surface area contributed by atoms with Gasteiger partial charge >= 0.3 is 5.97 Å². The molecule has 1 saturated heterocycles. The molecule has 3 atom stereocenters. The summed E-state index contributed by atoms with van der Waals surface area (Å²) >= 11 is 0. The van der Waals surface area contributed by atoms with Crippen molar-refractivity contribution in [3.05, 3.63) is 29.8 Å². The van der Waals surface area contributed by atoms with Crippen molar-refractivity contribution in [1.82, 2.24) is 4.90 Å². The summed E-state index contributed by atoms with van der Waals surface area (Å²) in [5, 5.41) is 11.0. The number of nitrogens with one attached hydrogen (secondary N) is 1. The lowest BCUT2D eigenvalue weighted by atomic mass is 9.97. The van der Waals surface area contributed by atoms with Crippen LogP contribution in [-0.4, -0.2) is 40.9 Å². The average molecular weight is 371 g/mol. The van der Waals surface area contributed by atoms with Gasteiger partial charge in [-0.25, -0.2) is 4.79 Å². The van der Waals surface area contributed by atoms with E-state index in [2.05, 4.69) is 5.32 Å². The standard InChI is InChI=1S/C20H25N3O4/c1-13-5-4-6-14(2)23(13)19(25)15(3)27-20(26)16-7-9-17(10-8-16)22-18(24)11-12-21/h7-10,13-15H,4-6,11H2,1-3H3,(H,22,24)/t13-,14+,15-/m1/s1. The fourth-order valence-electron chi connectivity index (χ4n) is 3.31. The number of esters is 1. The number of amides is 2. The van der Waals surface area contributed by atoms with Crippen LogP contribution in [-0.2, 0) is 14.3 Å². The molecule has 0 saturated carbocycles. The number of hydrogen-bond donors (Lipinski definition) is 1. The average Bonchev–Trinajstić information content (AvgIpc) is 2.62. The van der Waals surface area contributed by atoms with Gasteiger partial charge in [0.2, 0.25) is 5.91 Å². The van der Waals surface area contributed by atoms with Gasteiger partial charge in [0.15, 0.2) is 6.10 Å². The zero-order chi connectivity index (χ0) is 20.0. The maximum absolute atomic E-state index is 12.7. The van der Waals surface area contributed by atoms with Crippen LogP contribution in [0.1, 0.15) is 56.8 Å². The van der Waals surface area contributed by atoms with Crippen LogP contribution in [0.2, 0.25) is 0 Å². The highest BCUT2D eigenvalue weighted by Gasteiger charge is 2.33. The third kappa shape index (κ3) is 5.30. The lowest BCUT2D eigenvalue weighted by molar-refractivity contribution is -0.146. The number of likely N-dealkylation sites (tertiary alicyclic amines) is 1. The molecule has 0 unspecified atom stereocenters. The predicted octanol–water partition coefficient (Wildman–Crippen LogP) is 2.87. The van der Waals surface area contributed by atoms with Crippen molar-refractivity contribution in [2.45, 2.75) is 64.6 Å². The van der Waals surface area contributed by atoms with Crippen molar-refractivity contribution in [2.75, 3.05) is 5.32 Å². The normalized spacial score (nSPS) is 20.3. The second-order valence-corrected chi connectivity index (χ2v) is 6.88. The summed E-state index contributed by atoms with van der Waals surface area (Å²) in [6.45, 7) is 5.62. The molecular weight excluding hydrogens is 346 g/mol. The Balaban J connectivity index is 1.96. The van der Waals surface area contributed by atoms with E-state index in [-0.39, 0.29) is 30.0 Å². The minimum absolute atomic E-state index is 0.138. The molecule has 1 aromatic carbocycles. The van der Waals surface area contributed by atoms with E-state index in [0.717, 1.165) is 19.3 Å².